The molecule has 4 heteroatoms. The highest BCUT2D eigenvalue weighted by Gasteiger charge is 2.03. The zero-order valence-corrected chi connectivity index (χ0v) is 6.17. The Kier molecular flexibility index (Phi) is 4.94. The van der Waals surface area contributed by atoms with Gasteiger partial charge in [-0.05, 0) is 12.8 Å². The quantitative estimate of drug-likeness (QED) is 0.488. The number of aliphatic carboxylic acids is 1. The van der Waals surface area contributed by atoms with Crippen LogP contribution in [0.1, 0.15) is 19.3 Å². The van der Waals surface area contributed by atoms with E-state index in [9.17, 15) is 9.59 Å². The molecule has 0 aliphatic rings. The van der Waals surface area contributed by atoms with Crippen LogP contribution in [-0.4, -0.2) is 22.7 Å². The summed E-state index contributed by atoms with van der Waals surface area (Å²) >= 11 is 5.39. The van der Waals surface area contributed by atoms with Crippen molar-refractivity contribution in [2.45, 2.75) is 24.6 Å². The van der Waals surface area contributed by atoms with Gasteiger partial charge in [-0.25, -0.2) is 0 Å². The number of hydrogen-bond donors (Lipinski definition) is 1. The van der Waals surface area contributed by atoms with Gasteiger partial charge in [0.2, 0.25) is 0 Å². The summed E-state index contributed by atoms with van der Waals surface area (Å²) in [5.41, 5.74) is 0. The van der Waals surface area contributed by atoms with E-state index in [2.05, 4.69) is 0 Å². The Morgan fingerprint density at radius 2 is 2.30 bits per heavy atom. The second-order valence-corrected chi connectivity index (χ2v) is 2.50. The third-order valence-corrected chi connectivity index (χ3v) is 1.34. The lowest BCUT2D eigenvalue weighted by molar-refractivity contribution is -0.137. The molecule has 0 aromatic heterocycles. The molecule has 0 aromatic carbocycles. The van der Waals surface area contributed by atoms with E-state index >= 15 is 0 Å². The van der Waals surface area contributed by atoms with E-state index in [-0.39, 0.29) is 6.42 Å². The van der Waals surface area contributed by atoms with E-state index in [1.807, 2.05) is 0 Å². The molecule has 0 bridgehead atoms. The number of alkyl halides is 1. The molecule has 0 spiro atoms. The van der Waals surface area contributed by atoms with Crippen molar-refractivity contribution in [3.8, 4) is 0 Å². The number of carbonyl (C=O) groups excluding carboxylic acids is 1. The van der Waals surface area contributed by atoms with Gasteiger partial charge in [0.05, 0.1) is 5.38 Å². The number of aldehydes is 1. The normalized spacial score (nSPS) is 12.5. The van der Waals surface area contributed by atoms with Gasteiger partial charge < -0.3 is 9.90 Å². The molecule has 0 rings (SSSR count). The van der Waals surface area contributed by atoms with Gasteiger partial charge in [-0.15, -0.1) is 11.6 Å². The summed E-state index contributed by atoms with van der Waals surface area (Å²) in [6.07, 6.45) is 1.60. The average Bonchev–Trinajstić information content (AvgIpc) is 1.87. The molecule has 0 saturated heterocycles. The van der Waals surface area contributed by atoms with Crippen LogP contribution >= 0.6 is 11.6 Å². The van der Waals surface area contributed by atoms with Gasteiger partial charge in [0, 0.05) is 6.42 Å². The number of hydrogen-bond acceptors (Lipinski definition) is 2. The van der Waals surface area contributed by atoms with Crippen molar-refractivity contribution in [2.75, 3.05) is 0 Å². The minimum absolute atomic E-state index is 0.0804. The fraction of sp³-hybridized carbons (Fsp3) is 0.667. The van der Waals surface area contributed by atoms with Gasteiger partial charge in [0.1, 0.15) is 6.29 Å². The minimum atomic E-state index is -0.852. The lowest BCUT2D eigenvalue weighted by atomic mass is 10.2. The van der Waals surface area contributed by atoms with Crippen molar-refractivity contribution >= 4 is 23.9 Å². The van der Waals surface area contributed by atoms with Crippen molar-refractivity contribution < 1.29 is 14.7 Å². The van der Waals surface area contributed by atoms with Crippen LogP contribution in [0.3, 0.4) is 0 Å². The molecule has 1 unspecified atom stereocenters. The maximum Gasteiger partial charge on any atom is 0.303 e. The minimum Gasteiger partial charge on any atom is -0.481 e. The van der Waals surface area contributed by atoms with Crippen LogP contribution in [-0.2, 0) is 9.59 Å². The van der Waals surface area contributed by atoms with E-state index in [1.54, 1.807) is 0 Å². The lowest BCUT2D eigenvalue weighted by Gasteiger charge is -1.96. The Morgan fingerprint density at radius 3 is 2.70 bits per heavy atom. The topological polar surface area (TPSA) is 54.4 Å². The van der Waals surface area contributed by atoms with E-state index in [0.717, 1.165) is 0 Å². The van der Waals surface area contributed by atoms with Gasteiger partial charge in [-0.1, -0.05) is 0 Å². The molecule has 0 fully saturated rings. The van der Waals surface area contributed by atoms with Crippen LogP contribution < -0.4 is 0 Å². The highest BCUT2D eigenvalue weighted by molar-refractivity contribution is 6.27. The largest absolute Gasteiger partial charge is 0.481 e. The first-order valence-electron chi connectivity index (χ1n) is 2.98. The SMILES string of the molecule is O=CC(Cl)CCCC(=O)O. The molecular weight excluding hydrogens is 156 g/mol. The third kappa shape index (κ3) is 5.56. The monoisotopic (exact) mass is 164 g/mol. The Balaban J connectivity index is 3.19. The Hall–Kier alpha value is -0.570. The van der Waals surface area contributed by atoms with Crippen LogP contribution in [0.15, 0.2) is 0 Å². The van der Waals surface area contributed by atoms with Crippen molar-refractivity contribution in [1.82, 2.24) is 0 Å². The van der Waals surface area contributed by atoms with Crippen LogP contribution in [0.25, 0.3) is 0 Å². The van der Waals surface area contributed by atoms with E-state index in [1.165, 1.54) is 0 Å². The van der Waals surface area contributed by atoms with Crippen LogP contribution in [0, 0.1) is 0 Å². The van der Waals surface area contributed by atoms with E-state index in [4.69, 9.17) is 16.7 Å². The molecular formula is C6H9ClO3. The second kappa shape index (κ2) is 5.23. The Bertz CT molecular complexity index is 124. The zero-order chi connectivity index (χ0) is 7.98. The summed E-state index contributed by atoms with van der Waals surface area (Å²) in [5, 5.41) is 7.64. The third-order valence-electron chi connectivity index (χ3n) is 1.02. The molecule has 10 heavy (non-hydrogen) atoms. The van der Waals surface area contributed by atoms with Gasteiger partial charge >= 0.3 is 5.97 Å². The maximum atomic E-state index is 9.94. The van der Waals surface area contributed by atoms with Gasteiger partial charge in [0.25, 0.3) is 0 Å². The number of carbonyl (C=O) groups is 2. The van der Waals surface area contributed by atoms with E-state index < -0.39 is 11.3 Å². The summed E-state index contributed by atoms with van der Waals surface area (Å²) in [6, 6.07) is 0. The van der Waals surface area contributed by atoms with Gasteiger partial charge in [-0.2, -0.15) is 0 Å². The highest BCUT2D eigenvalue weighted by atomic mass is 35.5. The average molecular weight is 165 g/mol. The first kappa shape index (κ1) is 9.43. The fourth-order valence-electron chi connectivity index (χ4n) is 0.516. The van der Waals surface area contributed by atoms with Gasteiger partial charge in [-0.3, -0.25) is 4.79 Å². The van der Waals surface area contributed by atoms with Crippen LogP contribution in [0.5, 0.6) is 0 Å². The van der Waals surface area contributed by atoms with Crippen LogP contribution in [0.2, 0.25) is 0 Å². The standard InChI is InChI=1S/C6H9ClO3/c7-5(4-8)2-1-3-6(9)10/h4-5H,1-3H2,(H,9,10). The second-order valence-electron chi connectivity index (χ2n) is 1.94. The van der Waals surface area contributed by atoms with E-state index in [0.29, 0.717) is 19.1 Å². The van der Waals surface area contributed by atoms with Crippen molar-refractivity contribution in [3.05, 3.63) is 0 Å². The van der Waals surface area contributed by atoms with Crippen molar-refractivity contribution in [2.24, 2.45) is 0 Å². The summed E-state index contributed by atoms with van der Waals surface area (Å²) in [5.74, 6) is -0.852. The number of halogens is 1. The highest BCUT2D eigenvalue weighted by Crippen LogP contribution is 2.04. The molecule has 1 N–H and O–H groups in total. The number of rotatable bonds is 5. The van der Waals surface area contributed by atoms with Crippen molar-refractivity contribution in [1.29, 1.82) is 0 Å². The summed E-state index contributed by atoms with van der Waals surface area (Å²) < 4.78 is 0. The molecule has 0 heterocycles. The number of carboxylic acids is 1. The summed E-state index contributed by atoms with van der Waals surface area (Å²) in [7, 11) is 0. The molecule has 0 amide bonds. The van der Waals surface area contributed by atoms with Crippen molar-refractivity contribution in [3.63, 3.8) is 0 Å². The fourth-order valence-corrected chi connectivity index (χ4v) is 0.671. The summed E-state index contributed by atoms with van der Waals surface area (Å²) in [6.45, 7) is 0. The Labute approximate surface area is 64.0 Å². The zero-order valence-electron chi connectivity index (χ0n) is 5.42. The first-order chi connectivity index (χ1) is 4.66. The van der Waals surface area contributed by atoms with Gasteiger partial charge in [0.15, 0.2) is 0 Å². The predicted octanol–water partition coefficient (Wildman–Crippen LogP) is 1.05. The Morgan fingerprint density at radius 1 is 1.70 bits per heavy atom. The van der Waals surface area contributed by atoms with Crippen LogP contribution in [0.4, 0.5) is 0 Å². The molecule has 0 aromatic rings. The molecule has 0 radical (unpaired) electrons. The maximum absolute atomic E-state index is 9.94. The molecule has 0 saturated carbocycles. The molecule has 0 aliphatic heterocycles. The predicted molar refractivity (Wildman–Crippen MR) is 37.2 cm³/mol. The first-order valence-corrected chi connectivity index (χ1v) is 3.41. The molecule has 1 atom stereocenters. The molecule has 0 aliphatic carbocycles. The molecule has 3 nitrogen and oxygen atoms in total. The number of carboxylic acid groups (broad SMARTS) is 1. The molecule has 58 valence electrons. The lowest BCUT2D eigenvalue weighted by Crippen LogP contribution is -2.01. The smallest absolute Gasteiger partial charge is 0.303 e. The summed E-state index contributed by atoms with van der Waals surface area (Å²) in [4.78, 5) is 19.8.